The largest absolute Gasteiger partial charge is 0.494 e. The maximum atomic E-state index is 12.2. The van der Waals surface area contributed by atoms with Crippen LogP contribution < -0.4 is 15.4 Å². The van der Waals surface area contributed by atoms with E-state index in [9.17, 15) is 4.79 Å². The van der Waals surface area contributed by atoms with Crippen molar-refractivity contribution in [2.45, 2.75) is 39.7 Å². The summed E-state index contributed by atoms with van der Waals surface area (Å²) in [6, 6.07) is 4.05. The highest BCUT2D eigenvalue weighted by molar-refractivity contribution is 5.94. The number of carbonyl (C=O) groups is 1. The van der Waals surface area contributed by atoms with Crippen LogP contribution in [0, 0.1) is 13.8 Å². The van der Waals surface area contributed by atoms with Gasteiger partial charge in [-0.3, -0.25) is 4.79 Å². The second-order valence-corrected chi connectivity index (χ2v) is 5.10. The first-order valence-corrected chi connectivity index (χ1v) is 6.54. The average Bonchev–Trinajstić information content (AvgIpc) is 2.34. The molecule has 0 fully saturated rings. The number of ether oxygens (including phenoxy) is 1. The maximum Gasteiger partial charge on any atom is 0.226 e. The lowest BCUT2D eigenvalue weighted by Gasteiger charge is -2.22. The van der Waals surface area contributed by atoms with Crippen molar-refractivity contribution < 1.29 is 9.53 Å². The monoisotopic (exact) mass is 264 g/mol. The second kappa shape index (κ2) is 6.57. The fourth-order valence-corrected chi connectivity index (χ4v) is 2.10. The van der Waals surface area contributed by atoms with Gasteiger partial charge in [0, 0.05) is 19.5 Å². The van der Waals surface area contributed by atoms with Crippen LogP contribution >= 0.6 is 0 Å². The Kier molecular flexibility index (Phi) is 5.36. The van der Waals surface area contributed by atoms with Crippen LogP contribution in [0.1, 0.15) is 30.9 Å². The van der Waals surface area contributed by atoms with Gasteiger partial charge in [0.15, 0.2) is 0 Å². The highest BCUT2D eigenvalue weighted by atomic mass is 16.5. The van der Waals surface area contributed by atoms with Gasteiger partial charge in [0.05, 0.1) is 12.8 Å². The van der Waals surface area contributed by atoms with Crippen LogP contribution in [0.5, 0.6) is 5.75 Å². The lowest BCUT2D eigenvalue weighted by molar-refractivity contribution is -0.118. The highest BCUT2D eigenvalue weighted by Gasteiger charge is 2.17. The Hall–Kier alpha value is -1.55. The first kappa shape index (κ1) is 15.5. The van der Waals surface area contributed by atoms with E-state index in [0.717, 1.165) is 22.6 Å². The number of hydrogen-bond donors (Lipinski definition) is 1. The van der Waals surface area contributed by atoms with Gasteiger partial charge in [0.2, 0.25) is 5.91 Å². The van der Waals surface area contributed by atoms with Crippen molar-refractivity contribution >= 4 is 11.6 Å². The normalized spacial score (nSPS) is 12.1. The van der Waals surface area contributed by atoms with Crippen LogP contribution in [0.4, 0.5) is 5.69 Å². The van der Waals surface area contributed by atoms with Crippen LogP contribution in [0.25, 0.3) is 0 Å². The number of aryl methyl sites for hydroxylation is 2. The standard InChI is InChI=1S/C15H24N2O2/c1-10-8-11(2)15(19-5)13(9-10)17(4)14(18)7-6-12(3)16/h8-9,12H,6-7,16H2,1-5H3. The van der Waals surface area contributed by atoms with Crippen molar-refractivity contribution in [3.05, 3.63) is 23.3 Å². The summed E-state index contributed by atoms with van der Waals surface area (Å²) in [7, 11) is 3.40. The molecule has 0 bridgehead atoms. The van der Waals surface area contributed by atoms with E-state index in [-0.39, 0.29) is 11.9 Å². The predicted octanol–water partition coefficient (Wildman–Crippen LogP) is 2.40. The zero-order valence-corrected chi connectivity index (χ0v) is 12.5. The molecule has 4 heteroatoms. The van der Waals surface area contributed by atoms with Gasteiger partial charge in [-0.2, -0.15) is 0 Å². The lowest BCUT2D eigenvalue weighted by Crippen LogP contribution is -2.28. The molecule has 1 rings (SSSR count). The van der Waals surface area contributed by atoms with Crippen molar-refractivity contribution in [2.24, 2.45) is 5.73 Å². The minimum atomic E-state index is 0.0403. The molecule has 1 aromatic carbocycles. The summed E-state index contributed by atoms with van der Waals surface area (Å²) in [6.07, 6.45) is 1.14. The zero-order chi connectivity index (χ0) is 14.6. The van der Waals surface area contributed by atoms with Crippen molar-refractivity contribution in [2.75, 3.05) is 19.1 Å². The quantitative estimate of drug-likeness (QED) is 0.888. The molecule has 19 heavy (non-hydrogen) atoms. The van der Waals surface area contributed by atoms with Crippen LogP contribution in [-0.2, 0) is 4.79 Å². The summed E-state index contributed by atoms with van der Waals surface area (Å²) >= 11 is 0. The summed E-state index contributed by atoms with van der Waals surface area (Å²) in [5, 5.41) is 0. The third-order valence-corrected chi connectivity index (χ3v) is 3.15. The number of methoxy groups -OCH3 is 1. The van der Waals surface area contributed by atoms with Gasteiger partial charge in [-0.25, -0.2) is 0 Å². The molecule has 2 N–H and O–H groups in total. The molecule has 1 atom stereocenters. The van der Waals surface area contributed by atoms with E-state index in [1.54, 1.807) is 19.1 Å². The smallest absolute Gasteiger partial charge is 0.226 e. The predicted molar refractivity (Wildman–Crippen MR) is 78.8 cm³/mol. The zero-order valence-electron chi connectivity index (χ0n) is 12.5. The molecule has 4 nitrogen and oxygen atoms in total. The Balaban J connectivity index is 2.98. The van der Waals surface area contributed by atoms with E-state index in [1.807, 2.05) is 32.9 Å². The maximum absolute atomic E-state index is 12.2. The van der Waals surface area contributed by atoms with Crippen LogP contribution in [0.2, 0.25) is 0 Å². The van der Waals surface area contributed by atoms with Gasteiger partial charge in [-0.05, 0) is 44.4 Å². The lowest BCUT2D eigenvalue weighted by atomic mass is 10.1. The van der Waals surface area contributed by atoms with Crippen molar-refractivity contribution in [3.8, 4) is 5.75 Å². The van der Waals surface area contributed by atoms with Gasteiger partial charge in [0.25, 0.3) is 0 Å². The molecule has 0 aliphatic carbocycles. The summed E-state index contributed by atoms with van der Waals surface area (Å²) < 4.78 is 5.41. The van der Waals surface area contributed by atoms with E-state index >= 15 is 0 Å². The summed E-state index contributed by atoms with van der Waals surface area (Å²) in [5.41, 5.74) is 8.65. The van der Waals surface area contributed by atoms with Gasteiger partial charge < -0.3 is 15.4 Å². The van der Waals surface area contributed by atoms with E-state index in [1.165, 1.54) is 0 Å². The number of rotatable bonds is 5. The second-order valence-electron chi connectivity index (χ2n) is 5.10. The Morgan fingerprint density at radius 3 is 2.58 bits per heavy atom. The molecule has 0 aliphatic rings. The molecular weight excluding hydrogens is 240 g/mol. The van der Waals surface area contributed by atoms with Crippen LogP contribution in [-0.4, -0.2) is 26.1 Å². The van der Waals surface area contributed by atoms with Gasteiger partial charge in [-0.1, -0.05) is 6.07 Å². The average molecular weight is 264 g/mol. The van der Waals surface area contributed by atoms with Crippen molar-refractivity contribution in [1.29, 1.82) is 0 Å². The highest BCUT2D eigenvalue weighted by Crippen LogP contribution is 2.32. The topological polar surface area (TPSA) is 55.6 Å². The summed E-state index contributed by atoms with van der Waals surface area (Å²) in [4.78, 5) is 13.8. The molecule has 0 aliphatic heterocycles. The Morgan fingerprint density at radius 1 is 1.42 bits per heavy atom. The fraction of sp³-hybridized carbons (Fsp3) is 0.533. The minimum absolute atomic E-state index is 0.0403. The first-order chi connectivity index (χ1) is 8.86. The minimum Gasteiger partial charge on any atom is -0.494 e. The van der Waals surface area contributed by atoms with Gasteiger partial charge >= 0.3 is 0 Å². The van der Waals surface area contributed by atoms with E-state index in [0.29, 0.717) is 12.8 Å². The number of nitrogens with zero attached hydrogens (tertiary/aromatic N) is 1. The number of hydrogen-bond acceptors (Lipinski definition) is 3. The molecule has 1 aromatic rings. The number of anilines is 1. The molecule has 0 saturated heterocycles. The van der Waals surface area contributed by atoms with Gasteiger partial charge in [0.1, 0.15) is 5.75 Å². The number of benzene rings is 1. The van der Waals surface area contributed by atoms with Crippen LogP contribution in [0.15, 0.2) is 12.1 Å². The fourth-order valence-electron chi connectivity index (χ4n) is 2.10. The number of carbonyl (C=O) groups excluding carboxylic acids is 1. The molecule has 106 valence electrons. The van der Waals surface area contributed by atoms with Crippen LogP contribution in [0.3, 0.4) is 0 Å². The number of amides is 1. The van der Waals surface area contributed by atoms with E-state index < -0.39 is 0 Å². The van der Waals surface area contributed by atoms with E-state index in [2.05, 4.69) is 0 Å². The van der Waals surface area contributed by atoms with Crippen molar-refractivity contribution in [3.63, 3.8) is 0 Å². The first-order valence-electron chi connectivity index (χ1n) is 6.54. The van der Waals surface area contributed by atoms with Gasteiger partial charge in [-0.15, -0.1) is 0 Å². The summed E-state index contributed by atoms with van der Waals surface area (Å²) in [5.74, 6) is 0.808. The Bertz CT molecular complexity index is 456. The third kappa shape index (κ3) is 3.96. The summed E-state index contributed by atoms with van der Waals surface area (Å²) in [6.45, 7) is 5.90. The SMILES string of the molecule is COc1c(C)cc(C)cc1N(C)C(=O)CCC(C)N. The molecule has 0 spiro atoms. The Labute approximate surface area is 115 Å². The third-order valence-electron chi connectivity index (χ3n) is 3.15. The molecule has 1 unspecified atom stereocenters. The Morgan fingerprint density at radius 2 is 2.05 bits per heavy atom. The molecule has 0 aromatic heterocycles. The van der Waals surface area contributed by atoms with Crippen molar-refractivity contribution in [1.82, 2.24) is 0 Å². The molecule has 0 heterocycles. The molecule has 0 saturated carbocycles. The molecule has 1 amide bonds. The molecule has 0 radical (unpaired) electrons. The number of nitrogens with two attached hydrogens (primary N) is 1. The van der Waals surface area contributed by atoms with E-state index in [4.69, 9.17) is 10.5 Å². The molecular formula is C15H24N2O2.